The average Bonchev–Trinajstić information content (AvgIpc) is 2.92. The van der Waals surface area contributed by atoms with E-state index in [4.69, 9.17) is 4.74 Å². The average molecular weight is 346 g/mol. The highest BCUT2D eigenvalue weighted by molar-refractivity contribution is 5.77. The zero-order valence-corrected chi connectivity index (χ0v) is 15.0. The lowest BCUT2D eigenvalue weighted by molar-refractivity contribution is -0.120. The fourth-order valence-corrected chi connectivity index (χ4v) is 2.29. The smallest absolute Gasteiger partial charge is 0.407 e. The Balaban J connectivity index is 1.58. The van der Waals surface area contributed by atoms with Gasteiger partial charge < -0.3 is 20.4 Å². The Bertz CT molecular complexity index is 685. The van der Waals surface area contributed by atoms with Crippen molar-refractivity contribution < 1.29 is 14.3 Å². The van der Waals surface area contributed by atoms with Crippen molar-refractivity contribution in [2.45, 2.75) is 45.6 Å². The number of alkyl carbamates (subject to hydrolysis) is 1. The molecule has 2 rings (SSSR count). The maximum Gasteiger partial charge on any atom is 0.407 e. The molecule has 0 spiro atoms. The summed E-state index contributed by atoms with van der Waals surface area (Å²) >= 11 is 0. The second kappa shape index (κ2) is 8.50. The van der Waals surface area contributed by atoms with Gasteiger partial charge in [0.25, 0.3) is 0 Å². The third kappa shape index (κ3) is 6.82. The van der Waals surface area contributed by atoms with Crippen molar-refractivity contribution in [2.75, 3.05) is 13.1 Å². The van der Waals surface area contributed by atoms with Crippen LogP contribution in [0.25, 0.3) is 11.0 Å². The first-order valence-corrected chi connectivity index (χ1v) is 8.51. The van der Waals surface area contributed by atoms with Crippen LogP contribution < -0.4 is 10.6 Å². The molecule has 2 aromatic rings. The molecule has 1 aromatic carbocycles. The van der Waals surface area contributed by atoms with Gasteiger partial charge in [-0.05, 0) is 39.3 Å². The van der Waals surface area contributed by atoms with E-state index in [-0.39, 0.29) is 18.9 Å². The number of aryl methyl sites for hydroxylation is 1. The van der Waals surface area contributed by atoms with Gasteiger partial charge in [0.1, 0.15) is 11.4 Å². The van der Waals surface area contributed by atoms with Gasteiger partial charge in [-0.2, -0.15) is 0 Å². The summed E-state index contributed by atoms with van der Waals surface area (Å²) in [6, 6.07) is 7.88. The molecule has 1 heterocycles. The number of benzene rings is 1. The van der Waals surface area contributed by atoms with Crippen LogP contribution in [0.1, 0.15) is 39.4 Å². The summed E-state index contributed by atoms with van der Waals surface area (Å²) in [5.74, 6) is 0.822. The van der Waals surface area contributed by atoms with Crippen LogP contribution in [-0.2, 0) is 16.0 Å². The number of amides is 2. The molecular weight excluding hydrogens is 320 g/mol. The first-order chi connectivity index (χ1) is 11.8. The summed E-state index contributed by atoms with van der Waals surface area (Å²) in [6.45, 7) is 6.20. The Morgan fingerprint density at radius 1 is 1.16 bits per heavy atom. The molecule has 0 unspecified atom stereocenters. The maximum absolute atomic E-state index is 11.7. The molecule has 25 heavy (non-hydrogen) atoms. The van der Waals surface area contributed by atoms with Crippen LogP contribution in [-0.4, -0.2) is 40.7 Å². The van der Waals surface area contributed by atoms with Gasteiger partial charge >= 0.3 is 6.09 Å². The topological polar surface area (TPSA) is 96.1 Å². The van der Waals surface area contributed by atoms with Crippen molar-refractivity contribution in [3.63, 3.8) is 0 Å². The van der Waals surface area contributed by atoms with E-state index in [1.807, 2.05) is 24.3 Å². The fourth-order valence-electron chi connectivity index (χ4n) is 2.29. The van der Waals surface area contributed by atoms with Crippen molar-refractivity contribution in [1.29, 1.82) is 0 Å². The maximum atomic E-state index is 11.7. The molecule has 1 aromatic heterocycles. The van der Waals surface area contributed by atoms with E-state index < -0.39 is 11.7 Å². The third-order valence-corrected chi connectivity index (χ3v) is 3.37. The van der Waals surface area contributed by atoms with E-state index in [0.29, 0.717) is 6.54 Å². The second-order valence-corrected chi connectivity index (χ2v) is 6.83. The fraction of sp³-hybridized carbons (Fsp3) is 0.500. The number of hydrogen-bond acceptors (Lipinski definition) is 4. The lowest BCUT2D eigenvalue weighted by Gasteiger charge is -2.19. The molecule has 0 fully saturated rings. The second-order valence-electron chi connectivity index (χ2n) is 6.83. The molecular formula is C18H26N4O3. The number of rotatable bonds is 7. The van der Waals surface area contributed by atoms with E-state index in [1.165, 1.54) is 0 Å². The Morgan fingerprint density at radius 3 is 2.64 bits per heavy atom. The number of para-hydroxylation sites is 2. The summed E-state index contributed by atoms with van der Waals surface area (Å²) in [5, 5.41) is 5.40. The van der Waals surface area contributed by atoms with Gasteiger partial charge in [0.15, 0.2) is 0 Å². The number of hydrogen-bond donors (Lipinski definition) is 3. The molecule has 0 radical (unpaired) electrons. The molecule has 136 valence electrons. The first kappa shape index (κ1) is 18.8. The monoisotopic (exact) mass is 346 g/mol. The highest BCUT2D eigenvalue weighted by Gasteiger charge is 2.15. The predicted molar refractivity (Wildman–Crippen MR) is 96.3 cm³/mol. The van der Waals surface area contributed by atoms with Crippen molar-refractivity contribution in [1.82, 2.24) is 20.6 Å². The van der Waals surface area contributed by atoms with Crippen LogP contribution in [0.4, 0.5) is 4.79 Å². The Labute approximate surface area is 147 Å². The normalized spacial score (nSPS) is 11.3. The van der Waals surface area contributed by atoms with Gasteiger partial charge in [0.2, 0.25) is 5.91 Å². The summed E-state index contributed by atoms with van der Waals surface area (Å²) in [4.78, 5) is 31.0. The standard InChI is InChI=1S/C18H26N4O3/c1-18(2,3)25-17(24)20-12-10-16(23)19-11-6-9-15-21-13-7-4-5-8-14(13)22-15/h4-5,7-8H,6,9-12H2,1-3H3,(H,19,23)(H,20,24)(H,21,22). The van der Waals surface area contributed by atoms with Gasteiger partial charge in [-0.1, -0.05) is 12.1 Å². The number of ether oxygens (including phenoxy) is 1. The molecule has 0 bridgehead atoms. The minimum Gasteiger partial charge on any atom is -0.444 e. The SMILES string of the molecule is CC(C)(C)OC(=O)NCCC(=O)NCCCc1nc2ccccc2[nH]1. The quantitative estimate of drug-likeness (QED) is 0.671. The molecule has 0 saturated carbocycles. The Morgan fingerprint density at radius 2 is 1.92 bits per heavy atom. The molecule has 3 N–H and O–H groups in total. The molecule has 0 aliphatic rings. The van der Waals surface area contributed by atoms with Crippen LogP contribution in [0.2, 0.25) is 0 Å². The molecule has 7 heteroatoms. The van der Waals surface area contributed by atoms with Crippen molar-refractivity contribution in [3.05, 3.63) is 30.1 Å². The number of nitrogens with one attached hydrogen (secondary N) is 3. The summed E-state index contributed by atoms with van der Waals surface area (Å²) in [7, 11) is 0. The predicted octanol–water partition coefficient (Wildman–Crippen LogP) is 2.53. The van der Waals surface area contributed by atoms with E-state index >= 15 is 0 Å². The van der Waals surface area contributed by atoms with Crippen LogP contribution in [0.15, 0.2) is 24.3 Å². The zero-order chi connectivity index (χ0) is 18.3. The summed E-state index contributed by atoms with van der Waals surface area (Å²) in [6.07, 6.45) is 1.28. The molecule has 0 atom stereocenters. The van der Waals surface area contributed by atoms with Gasteiger partial charge in [-0.15, -0.1) is 0 Å². The largest absolute Gasteiger partial charge is 0.444 e. The van der Waals surface area contributed by atoms with Gasteiger partial charge in [0, 0.05) is 25.9 Å². The lowest BCUT2D eigenvalue weighted by atomic mass is 10.2. The number of imidazole rings is 1. The number of aromatic amines is 1. The van der Waals surface area contributed by atoms with Crippen molar-refractivity contribution >= 4 is 23.0 Å². The lowest BCUT2D eigenvalue weighted by Crippen LogP contribution is -2.35. The molecule has 0 saturated heterocycles. The van der Waals surface area contributed by atoms with Crippen LogP contribution in [0.5, 0.6) is 0 Å². The number of H-pyrrole nitrogens is 1. The minimum absolute atomic E-state index is 0.0966. The Kier molecular flexibility index (Phi) is 6.38. The number of nitrogens with zero attached hydrogens (tertiary/aromatic N) is 1. The summed E-state index contributed by atoms with van der Waals surface area (Å²) in [5.41, 5.74) is 1.44. The number of carbonyl (C=O) groups is 2. The molecule has 0 aliphatic carbocycles. The minimum atomic E-state index is -0.539. The van der Waals surface area contributed by atoms with Crippen molar-refractivity contribution in [2.24, 2.45) is 0 Å². The third-order valence-electron chi connectivity index (χ3n) is 3.37. The van der Waals surface area contributed by atoms with Crippen LogP contribution in [0, 0.1) is 0 Å². The summed E-state index contributed by atoms with van der Waals surface area (Å²) < 4.78 is 5.10. The van der Waals surface area contributed by atoms with E-state index in [9.17, 15) is 9.59 Å². The highest BCUT2D eigenvalue weighted by Crippen LogP contribution is 2.11. The van der Waals surface area contributed by atoms with Gasteiger partial charge in [-0.3, -0.25) is 4.79 Å². The van der Waals surface area contributed by atoms with E-state index in [0.717, 1.165) is 29.7 Å². The van der Waals surface area contributed by atoms with Gasteiger partial charge in [-0.25, -0.2) is 9.78 Å². The molecule has 2 amide bonds. The van der Waals surface area contributed by atoms with E-state index in [2.05, 4.69) is 20.6 Å². The molecule has 0 aliphatic heterocycles. The Hall–Kier alpha value is -2.57. The number of fused-ring (bicyclic) bond motifs is 1. The van der Waals surface area contributed by atoms with E-state index in [1.54, 1.807) is 20.8 Å². The molecule has 7 nitrogen and oxygen atoms in total. The highest BCUT2D eigenvalue weighted by atomic mass is 16.6. The first-order valence-electron chi connectivity index (χ1n) is 8.51. The van der Waals surface area contributed by atoms with Crippen LogP contribution >= 0.6 is 0 Å². The van der Waals surface area contributed by atoms with Crippen molar-refractivity contribution in [3.8, 4) is 0 Å². The number of aromatic nitrogens is 2. The zero-order valence-electron chi connectivity index (χ0n) is 15.0. The van der Waals surface area contributed by atoms with Gasteiger partial charge in [0.05, 0.1) is 11.0 Å². The van der Waals surface area contributed by atoms with Crippen LogP contribution in [0.3, 0.4) is 0 Å². The number of carbonyl (C=O) groups excluding carboxylic acids is 2.